The van der Waals surface area contributed by atoms with Crippen LogP contribution >= 0.6 is 11.3 Å². The van der Waals surface area contributed by atoms with E-state index in [1.807, 2.05) is 30.3 Å². The second-order valence-corrected chi connectivity index (χ2v) is 6.88. The number of aliphatic carboxylic acids is 1. The normalized spacial score (nSPS) is 11.6. The first kappa shape index (κ1) is 14.7. The molecule has 0 unspecified atom stereocenters. The maximum Gasteiger partial charge on any atom is 0.303 e. The summed E-state index contributed by atoms with van der Waals surface area (Å²) < 4.78 is 0. The highest BCUT2D eigenvalue weighted by molar-refractivity contribution is 7.15. The third-order valence-electron chi connectivity index (χ3n) is 2.99. The molecule has 2 aromatic rings. The van der Waals surface area contributed by atoms with Crippen LogP contribution in [0.3, 0.4) is 0 Å². The van der Waals surface area contributed by atoms with E-state index in [0.717, 1.165) is 21.1 Å². The van der Waals surface area contributed by atoms with Gasteiger partial charge in [0.1, 0.15) is 5.01 Å². The third kappa shape index (κ3) is 3.45. The molecule has 1 aromatic carbocycles. The molecule has 0 fully saturated rings. The molecule has 20 heavy (non-hydrogen) atoms. The maximum absolute atomic E-state index is 10.8. The lowest BCUT2D eigenvalue weighted by Gasteiger charge is -2.17. The second kappa shape index (κ2) is 5.75. The molecule has 1 aromatic heterocycles. The number of carboxylic acid groups (broad SMARTS) is 1. The van der Waals surface area contributed by atoms with Crippen LogP contribution in [0.2, 0.25) is 0 Å². The van der Waals surface area contributed by atoms with E-state index in [4.69, 9.17) is 10.1 Å². The van der Waals surface area contributed by atoms with Crippen LogP contribution in [-0.4, -0.2) is 16.1 Å². The Bertz CT molecular complexity index is 597. The molecule has 3 nitrogen and oxygen atoms in total. The quantitative estimate of drug-likeness (QED) is 0.921. The van der Waals surface area contributed by atoms with Crippen LogP contribution in [0.5, 0.6) is 0 Å². The van der Waals surface area contributed by atoms with Crippen molar-refractivity contribution in [3.8, 4) is 10.6 Å². The number of hydrogen-bond acceptors (Lipinski definition) is 3. The highest BCUT2D eigenvalue weighted by Gasteiger charge is 2.23. The Labute approximate surface area is 123 Å². The smallest absolute Gasteiger partial charge is 0.303 e. The lowest BCUT2D eigenvalue weighted by Crippen LogP contribution is -2.14. The lowest BCUT2D eigenvalue weighted by molar-refractivity contribution is -0.136. The average molecular weight is 289 g/mol. The lowest BCUT2D eigenvalue weighted by atomic mass is 9.90. The van der Waals surface area contributed by atoms with Gasteiger partial charge in [-0.3, -0.25) is 4.79 Å². The zero-order valence-corrected chi connectivity index (χ0v) is 12.8. The van der Waals surface area contributed by atoms with E-state index in [1.54, 1.807) is 11.3 Å². The number of hydrogen-bond donors (Lipinski definition) is 1. The zero-order valence-electron chi connectivity index (χ0n) is 12.0. The first-order valence-electron chi connectivity index (χ1n) is 6.65. The first-order valence-corrected chi connectivity index (χ1v) is 7.47. The minimum absolute atomic E-state index is 0.0721. The average Bonchev–Trinajstić information content (AvgIpc) is 2.81. The molecule has 0 bridgehead atoms. The summed E-state index contributed by atoms with van der Waals surface area (Å²) >= 11 is 1.61. The fourth-order valence-corrected chi connectivity index (χ4v) is 3.31. The van der Waals surface area contributed by atoms with Gasteiger partial charge in [-0.05, 0) is 6.42 Å². The van der Waals surface area contributed by atoms with Crippen LogP contribution in [0.25, 0.3) is 10.6 Å². The van der Waals surface area contributed by atoms with Crippen molar-refractivity contribution in [2.45, 2.75) is 39.0 Å². The number of rotatable bonds is 4. The molecule has 0 saturated carbocycles. The third-order valence-corrected chi connectivity index (χ3v) is 4.16. The number of carbonyl (C=O) groups is 1. The number of carboxylic acids is 1. The predicted molar refractivity (Wildman–Crippen MR) is 82.2 cm³/mol. The van der Waals surface area contributed by atoms with E-state index < -0.39 is 5.97 Å². The summed E-state index contributed by atoms with van der Waals surface area (Å²) in [6, 6.07) is 10.0. The molecule has 0 atom stereocenters. The van der Waals surface area contributed by atoms with Crippen molar-refractivity contribution in [3.63, 3.8) is 0 Å². The van der Waals surface area contributed by atoms with Crippen LogP contribution in [0.4, 0.5) is 0 Å². The van der Waals surface area contributed by atoms with Crippen LogP contribution in [0, 0.1) is 0 Å². The Morgan fingerprint density at radius 3 is 2.45 bits per heavy atom. The minimum atomic E-state index is -0.764. The van der Waals surface area contributed by atoms with Gasteiger partial charge in [-0.25, -0.2) is 4.98 Å². The molecule has 0 aliphatic heterocycles. The van der Waals surface area contributed by atoms with Gasteiger partial charge in [0.25, 0.3) is 0 Å². The minimum Gasteiger partial charge on any atom is -0.481 e. The molecule has 1 N–H and O–H groups in total. The fourth-order valence-electron chi connectivity index (χ4n) is 2.03. The molecular weight excluding hydrogens is 270 g/mol. The van der Waals surface area contributed by atoms with E-state index in [0.29, 0.717) is 6.42 Å². The van der Waals surface area contributed by atoms with E-state index in [2.05, 4.69) is 20.8 Å². The largest absolute Gasteiger partial charge is 0.481 e. The summed E-state index contributed by atoms with van der Waals surface area (Å²) in [4.78, 5) is 16.6. The molecule has 0 amide bonds. The maximum atomic E-state index is 10.8. The zero-order chi connectivity index (χ0) is 14.8. The van der Waals surface area contributed by atoms with E-state index in [-0.39, 0.29) is 11.8 Å². The number of aryl methyl sites for hydroxylation is 1. The Hall–Kier alpha value is -1.68. The molecule has 106 valence electrons. The molecule has 2 rings (SSSR count). The summed E-state index contributed by atoms with van der Waals surface area (Å²) in [6.07, 6.45) is 0.700. The van der Waals surface area contributed by atoms with E-state index in [9.17, 15) is 4.79 Å². The number of thiazole rings is 1. The van der Waals surface area contributed by atoms with Gasteiger partial charge in [-0.15, -0.1) is 11.3 Å². The van der Waals surface area contributed by atoms with Gasteiger partial charge in [0.2, 0.25) is 0 Å². The van der Waals surface area contributed by atoms with Crippen LogP contribution in [0.1, 0.15) is 37.8 Å². The van der Waals surface area contributed by atoms with Crippen molar-refractivity contribution in [3.05, 3.63) is 40.9 Å². The Morgan fingerprint density at radius 2 is 1.90 bits per heavy atom. The fraction of sp³-hybridized carbons (Fsp3) is 0.375. The Morgan fingerprint density at radius 1 is 1.25 bits per heavy atom. The molecule has 4 heteroatoms. The molecule has 0 radical (unpaired) electrons. The topological polar surface area (TPSA) is 50.2 Å². The predicted octanol–water partition coefficient (Wildman–Crippen LogP) is 4.12. The molecular formula is C16H19NO2S. The van der Waals surface area contributed by atoms with Gasteiger partial charge in [0.15, 0.2) is 0 Å². The summed E-state index contributed by atoms with van der Waals surface area (Å²) in [5, 5.41) is 9.84. The van der Waals surface area contributed by atoms with E-state index >= 15 is 0 Å². The Kier molecular flexibility index (Phi) is 4.23. The van der Waals surface area contributed by atoms with Crippen molar-refractivity contribution in [1.82, 2.24) is 4.98 Å². The summed E-state index contributed by atoms with van der Waals surface area (Å²) in [5.41, 5.74) is 2.03. The van der Waals surface area contributed by atoms with Gasteiger partial charge < -0.3 is 5.11 Å². The summed E-state index contributed by atoms with van der Waals surface area (Å²) in [5.74, 6) is -0.764. The highest BCUT2D eigenvalue weighted by atomic mass is 32.1. The standard InChI is InChI=1S/C16H19NO2S/c1-16(2,3)14-12(9-10-13(18)19)20-15(17-14)11-7-5-4-6-8-11/h4-8H,9-10H2,1-3H3,(H,18,19). The van der Waals surface area contributed by atoms with Gasteiger partial charge in [-0.2, -0.15) is 0 Å². The monoisotopic (exact) mass is 289 g/mol. The van der Waals surface area contributed by atoms with E-state index in [1.165, 1.54) is 0 Å². The van der Waals surface area contributed by atoms with Crippen LogP contribution < -0.4 is 0 Å². The second-order valence-electron chi connectivity index (χ2n) is 5.80. The number of aromatic nitrogens is 1. The van der Waals surface area contributed by atoms with Crippen molar-refractivity contribution >= 4 is 17.3 Å². The van der Waals surface area contributed by atoms with Crippen molar-refractivity contribution < 1.29 is 9.90 Å². The van der Waals surface area contributed by atoms with Gasteiger partial charge in [0, 0.05) is 15.9 Å². The van der Waals surface area contributed by atoms with Crippen molar-refractivity contribution in [2.75, 3.05) is 0 Å². The number of benzene rings is 1. The molecule has 0 spiro atoms. The van der Waals surface area contributed by atoms with Crippen LogP contribution in [0.15, 0.2) is 30.3 Å². The molecule has 0 saturated heterocycles. The SMILES string of the molecule is CC(C)(C)c1nc(-c2ccccc2)sc1CCC(=O)O. The summed E-state index contributed by atoms with van der Waals surface area (Å²) in [7, 11) is 0. The number of nitrogens with zero attached hydrogens (tertiary/aromatic N) is 1. The first-order chi connectivity index (χ1) is 9.38. The van der Waals surface area contributed by atoms with Crippen molar-refractivity contribution in [1.29, 1.82) is 0 Å². The van der Waals surface area contributed by atoms with Gasteiger partial charge in [-0.1, -0.05) is 51.1 Å². The van der Waals surface area contributed by atoms with Gasteiger partial charge >= 0.3 is 5.97 Å². The van der Waals surface area contributed by atoms with Crippen molar-refractivity contribution in [2.24, 2.45) is 0 Å². The highest BCUT2D eigenvalue weighted by Crippen LogP contribution is 2.35. The van der Waals surface area contributed by atoms with Gasteiger partial charge in [0.05, 0.1) is 12.1 Å². The summed E-state index contributed by atoms with van der Waals surface area (Å²) in [6.45, 7) is 6.34. The molecule has 0 aliphatic carbocycles. The molecule has 1 heterocycles. The van der Waals surface area contributed by atoms with Crippen LogP contribution in [-0.2, 0) is 16.6 Å². The molecule has 0 aliphatic rings. The Balaban J connectivity index is 2.39.